The quantitative estimate of drug-likeness (QED) is 0.367. The van der Waals surface area contributed by atoms with Crippen molar-refractivity contribution in [1.82, 2.24) is 0 Å². The van der Waals surface area contributed by atoms with Crippen molar-refractivity contribution in [2.75, 3.05) is 0 Å². The monoisotopic (exact) mass is 324 g/mol. The van der Waals surface area contributed by atoms with Crippen molar-refractivity contribution in [3.63, 3.8) is 0 Å². The van der Waals surface area contributed by atoms with Crippen LogP contribution in [0.2, 0.25) is 0 Å². The zero-order valence-electron chi connectivity index (χ0n) is 5.54. The summed E-state index contributed by atoms with van der Waals surface area (Å²) in [6.07, 6.45) is 0. The summed E-state index contributed by atoms with van der Waals surface area (Å²) in [5.41, 5.74) is 0. The fourth-order valence-electron chi connectivity index (χ4n) is 0.267. The van der Waals surface area contributed by atoms with Crippen LogP contribution in [-0.2, 0) is 40.2 Å². The molecule has 0 amide bonds. The molecule has 1 atom stereocenters. The Labute approximate surface area is 74.7 Å². The Morgan fingerprint density at radius 1 is 1.08 bits per heavy atom. The summed E-state index contributed by atoms with van der Waals surface area (Å²) in [6.45, 7) is 0. The molecule has 13 heavy (non-hydrogen) atoms. The van der Waals surface area contributed by atoms with Crippen molar-refractivity contribution < 1.29 is 58.6 Å². The molecule has 0 heterocycles. The number of hydrogen-bond donors (Lipinski definition) is 4. The van der Waals surface area contributed by atoms with Gasteiger partial charge in [0.05, 0.1) is 0 Å². The van der Waals surface area contributed by atoms with Gasteiger partial charge in [0, 0.05) is 0 Å². The fourth-order valence-corrected chi connectivity index (χ4v) is 4.05. The van der Waals surface area contributed by atoms with Crippen molar-refractivity contribution in [1.29, 1.82) is 0 Å². The minimum absolute atomic E-state index is 3.03. The average molecular weight is 322 g/mol. The van der Waals surface area contributed by atoms with E-state index in [-0.39, 0.29) is 0 Å². The van der Waals surface area contributed by atoms with E-state index in [1.165, 1.54) is 0 Å². The number of phosphoric acid groups is 2. The zero-order chi connectivity index (χ0) is 10.9. The van der Waals surface area contributed by atoms with Crippen LogP contribution < -0.4 is 0 Å². The van der Waals surface area contributed by atoms with Crippen LogP contribution in [0.25, 0.3) is 0 Å². The molecule has 0 aliphatic carbocycles. The molecule has 0 aromatic rings. The van der Waals surface area contributed by atoms with Crippen LogP contribution >= 0.6 is 15.6 Å². The van der Waals surface area contributed by atoms with Gasteiger partial charge in [-0.25, -0.2) is 0 Å². The molecule has 0 aliphatic heterocycles. The van der Waals surface area contributed by atoms with E-state index < -0.39 is 32.4 Å². The summed E-state index contributed by atoms with van der Waals surface area (Å²) in [5, 5.41) is 0. The van der Waals surface area contributed by atoms with Gasteiger partial charge in [-0.1, -0.05) is 0 Å². The van der Waals surface area contributed by atoms with Crippen LogP contribution in [-0.4, -0.2) is 18.4 Å². The van der Waals surface area contributed by atoms with E-state index in [1.54, 1.807) is 0 Å². The van der Waals surface area contributed by atoms with Gasteiger partial charge in [0.2, 0.25) is 0 Å². The minimum atomic E-state index is -6.37. The SMILES string of the molecule is O=P(O)(O)OP(=O)(O)[O][Mo](=[O])(=[O])[OH]. The van der Waals surface area contributed by atoms with Crippen LogP contribution in [0.1, 0.15) is 0 Å². The van der Waals surface area contributed by atoms with E-state index in [0.717, 1.165) is 0 Å². The van der Waals surface area contributed by atoms with Gasteiger partial charge in [-0.3, -0.25) is 0 Å². The Kier molecular flexibility index (Phi) is 4.09. The van der Waals surface area contributed by atoms with Crippen molar-refractivity contribution in [3.05, 3.63) is 0 Å². The van der Waals surface area contributed by atoms with Gasteiger partial charge in [-0.15, -0.1) is 0 Å². The molecule has 1 unspecified atom stereocenters. The zero-order valence-corrected chi connectivity index (χ0v) is 9.34. The van der Waals surface area contributed by atoms with Crippen molar-refractivity contribution >= 4 is 15.6 Å². The maximum atomic E-state index is 10.4. The maximum absolute atomic E-state index is 10.4. The Morgan fingerprint density at radius 2 is 1.46 bits per heavy atom. The molecule has 0 rings (SSSR count). The molecule has 80 valence electrons. The van der Waals surface area contributed by atoms with E-state index in [9.17, 15) is 15.9 Å². The summed E-state index contributed by atoms with van der Waals surface area (Å²) < 4.78 is 54.1. The van der Waals surface area contributed by atoms with Crippen molar-refractivity contribution in [2.24, 2.45) is 0 Å². The molecule has 10 nitrogen and oxygen atoms in total. The van der Waals surface area contributed by atoms with E-state index in [2.05, 4.69) is 7.49 Å². The first-order valence-corrected chi connectivity index (χ1v) is 8.58. The predicted octanol–water partition coefficient (Wildman–Crippen LogP) is -1.12. The third-order valence-corrected chi connectivity index (χ3v) is 5.23. The van der Waals surface area contributed by atoms with Gasteiger partial charge in [-0.2, -0.15) is 0 Å². The predicted molar refractivity (Wildman–Crippen MR) is 27.6 cm³/mol. The molecule has 0 aromatic heterocycles. The summed E-state index contributed by atoms with van der Waals surface area (Å²) in [4.78, 5) is 24.2. The molecule has 0 spiro atoms. The Balaban J connectivity index is 4.63. The van der Waals surface area contributed by atoms with Crippen LogP contribution in [0.5, 0.6) is 0 Å². The van der Waals surface area contributed by atoms with Crippen LogP contribution in [0.15, 0.2) is 0 Å². The molecule has 0 saturated carbocycles. The molecule has 0 bridgehead atoms. The summed E-state index contributed by atoms with van der Waals surface area (Å²) >= 11 is -6.37. The van der Waals surface area contributed by atoms with E-state index in [4.69, 9.17) is 18.4 Å². The third-order valence-electron chi connectivity index (χ3n) is 0.398. The molecule has 0 fully saturated rings. The van der Waals surface area contributed by atoms with Crippen LogP contribution in [0, 0.1) is 0 Å². The van der Waals surface area contributed by atoms with Crippen LogP contribution in [0.3, 0.4) is 0 Å². The molecular formula is H4MoO10P2. The molecule has 13 heteroatoms. The summed E-state index contributed by atoms with van der Waals surface area (Å²) in [5.74, 6) is 0. The number of rotatable bonds is 4. The van der Waals surface area contributed by atoms with E-state index in [0.29, 0.717) is 0 Å². The Morgan fingerprint density at radius 3 is 1.69 bits per heavy atom. The van der Waals surface area contributed by atoms with Gasteiger partial charge in [-0.05, 0) is 0 Å². The second kappa shape index (κ2) is 3.94. The molecule has 0 aromatic carbocycles. The Hall–Kier alpha value is 0.508. The van der Waals surface area contributed by atoms with E-state index >= 15 is 0 Å². The van der Waals surface area contributed by atoms with Gasteiger partial charge in [0.15, 0.2) is 0 Å². The van der Waals surface area contributed by atoms with Gasteiger partial charge >= 0.3 is 74.2 Å². The van der Waals surface area contributed by atoms with Gasteiger partial charge in [0.1, 0.15) is 0 Å². The molecule has 0 saturated heterocycles. The second-order valence-electron chi connectivity index (χ2n) is 1.54. The second-order valence-corrected chi connectivity index (χ2v) is 7.47. The van der Waals surface area contributed by atoms with Crippen molar-refractivity contribution in [2.45, 2.75) is 0 Å². The first-order valence-electron chi connectivity index (χ1n) is 2.20. The summed E-state index contributed by atoms with van der Waals surface area (Å²) in [6, 6.07) is 0. The topological polar surface area (TPSA) is 168 Å². The standard InChI is InChI=1S/Mo.H4O7P2.H2O.2O/c;1-8(2,3)7-9(4,5)6;;;/h;(H2,1,2,3)(H2,4,5,6);1H2;;/q+2;;;;/p-2. The average Bonchev–Trinajstić information content (AvgIpc) is 1.43. The van der Waals surface area contributed by atoms with E-state index in [1.807, 2.05) is 0 Å². The Bertz CT molecular complexity index is 354. The first-order chi connectivity index (χ1) is 5.41. The first kappa shape index (κ1) is 13.5. The molecule has 0 radical (unpaired) electrons. The number of hydrogen-bond acceptors (Lipinski definition) is 6. The van der Waals surface area contributed by atoms with Crippen molar-refractivity contribution in [3.8, 4) is 0 Å². The third kappa shape index (κ3) is 8.83. The molecule has 4 N–H and O–H groups in total. The van der Waals surface area contributed by atoms with Crippen LogP contribution in [0.4, 0.5) is 0 Å². The molecular weight excluding hydrogens is 318 g/mol. The summed E-state index contributed by atoms with van der Waals surface area (Å²) in [7, 11) is -10.9. The van der Waals surface area contributed by atoms with Gasteiger partial charge < -0.3 is 0 Å². The normalized spacial score (nSPS) is 18.2. The molecule has 0 aliphatic rings. The van der Waals surface area contributed by atoms with Gasteiger partial charge in [0.25, 0.3) is 0 Å². The fraction of sp³-hybridized carbons (Fsp3) is 0.